The molecule has 0 aromatic rings. The van der Waals surface area contributed by atoms with Gasteiger partial charge in [0.15, 0.2) is 0 Å². The summed E-state index contributed by atoms with van der Waals surface area (Å²) in [6, 6.07) is -1.03. The van der Waals surface area contributed by atoms with Gasteiger partial charge in [-0.15, -0.1) is 0 Å². The largest absolute Gasteiger partial charge is 0.481 e. The molecule has 3 atom stereocenters. The molecule has 2 fully saturated rings. The van der Waals surface area contributed by atoms with Crippen LogP contribution in [-0.2, 0) is 19.2 Å². The molecule has 22 heavy (non-hydrogen) atoms. The molecule has 9 nitrogen and oxygen atoms in total. The molecule has 0 unspecified atom stereocenters. The van der Waals surface area contributed by atoms with E-state index in [1.165, 1.54) is 0 Å². The van der Waals surface area contributed by atoms with E-state index in [0.717, 1.165) is 6.92 Å². The lowest BCUT2D eigenvalue weighted by molar-refractivity contribution is -0.148. The molecule has 0 saturated carbocycles. The van der Waals surface area contributed by atoms with E-state index < -0.39 is 24.0 Å². The van der Waals surface area contributed by atoms with E-state index in [2.05, 4.69) is 5.32 Å². The van der Waals surface area contributed by atoms with Gasteiger partial charge in [0.25, 0.3) is 5.97 Å². The second kappa shape index (κ2) is 7.21. The minimum Gasteiger partial charge on any atom is -0.481 e. The molecule has 0 aromatic heterocycles. The van der Waals surface area contributed by atoms with Crippen LogP contribution in [0.2, 0.25) is 0 Å². The number of fused-ring (bicyclic) bond motifs is 1. The zero-order valence-electron chi connectivity index (χ0n) is 12.9. The Morgan fingerprint density at radius 2 is 1.95 bits per heavy atom. The normalized spacial score (nSPS) is 26.9. The summed E-state index contributed by atoms with van der Waals surface area (Å²) in [5.41, 5.74) is 5.07. The van der Waals surface area contributed by atoms with Crippen LogP contribution < -0.4 is 11.1 Å². The van der Waals surface area contributed by atoms with Crippen LogP contribution in [0.5, 0.6) is 0 Å². The summed E-state index contributed by atoms with van der Waals surface area (Å²) in [7, 11) is 3.85. The number of nitrogens with zero attached hydrogens (tertiary/aromatic N) is 2. The molecule has 2 heterocycles. The Morgan fingerprint density at radius 1 is 1.41 bits per heavy atom. The zero-order chi connectivity index (χ0) is 17.0. The van der Waals surface area contributed by atoms with Gasteiger partial charge in [0, 0.05) is 19.5 Å². The average Bonchev–Trinajstić information content (AvgIpc) is 2.80. The molecule has 2 saturated heterocycles. The number of nitrogens with two attached hydrogens (primary N) is 1. The lowest BCUT2D eigenvalue weighted by atomic mass is 10.1. The number of piperazine rings is 1. The fraction of sp³-hybridized carbons (Fsp3) is 0.692. The Kier molecular flexibility index (Phi) is 5.86. The van der Waals surface area contributed by atoms with Gasteiger partial charge in [0.2, 0.25) is 17.7 Å². The van der Waals surface area contributed by atoms with Crippen LogP contribution in [0.1, 0.15) is 19.8 Å². The number of primary amides is 1. The molecular weight excluding hydrogens is 292 g/mol. The number of hydrogen-bond acceptors (Lipinski definition) is 5. The minimum atomic E-state index is -0.833. The first kappa shape index (κ1) is 17.9. The van der Waals surface area contributed by atoms with Crippen LogP contribution in [0, 0.1) is 0 Å². The quantitative estimate of drug-likeness (QED) is 0.551. The molecule has 0 radical (unpaired) electrons. The van der Waals surface area contributed by atoms with E-state index in [1.54, 1.807) is 4.90 Å². The monoisotopic (exact) mass is 314 g/mol. The SMILES string of the molecule is CC(=O)O.CN(C)[C@@H]1C[C@H]2C(=O)N[C@@H](CC(N)=O)C(=O)N2C1. The van der Waals surface area contributed by atoms with E-state index in [4.69, 9.17) is 15.6 Å². The third kappa shape index (κ3) is 4.42. The number of hydrogen-bond donors (Lipinski definition) is 3. The van der Waals surface area contributed by atoms with Gasteiger partial charge in [0.1, 0.15) is 12.1 Å². The van der Waals surface area contributed by atoms with Gasteiger partial charge < -0.3 is 26.0 Å². The summed E-state index contributed by atoms with van der Waals surface area (Å²) in [6.07, 6.45) is 0.494. The van der Waals surface area contributed by atoms with Crippen molar-refractivity contribution < 1.29 is 24.3 Å². The number of carbonyl (C=O) groups is 4. The standard InChI is InChI=1S/C11H18N4O3.C2H4O2/c1-14(2)6-3-8-10(17)13-7(4-9(12)16)11(18)15(8)5-6;1-2(3)4/h6-8H,3-5H2,1-2H3,(H2,12,16)(H,13,17);1H3,(H,3,4)/t6-,7+,8+;/m1./s1. The maximum absolute atomic E-state index is 12.1. The van der Waals surface area contributed by atoms with Gasteiger partial charge in [0.05, 0.1) is 6.42 Å². The van der Waals surface area contributed by atoms with Crippen molar-refractivity contribution >= 4 is 23.7 Å². The van der Waals surface area contributed by atoms with Crippen molar-refractivity contribution in [3.63, 3.8) is 0 Å². The third-order valence-electron chi connectivity index (χ3n) is 3.61. The lowest BCUT2D eigenvalue weighted by Gasteiger charge is -2.34. The number of likely N-dealkylation sites (N-methyl/N-ethyl adjacent to an activating group) is 1. The molecule has 9 heteroatoms. The molecule has 2 rings (SSSR count). The van der Waals surface area contributed by atoms with Crippen molar-refractivity contribution in [2.75, 3.05) is 20.6 Å². The van der Waals surface area contributed by atoms with E-state index >= 15 is 0 Å². The van der Waals surface area contributed by atoms with Crippen LogP contribution in [0.15, 0.2) is 0 Å². The Morgan fingerprint density at radius 3 is 2.41 bits per heavy atom. The first-order valence-corrected chi connectivity index (χ1v) is 6.88. The maximum atomic E-state index is 12.1. The van der Waals surface area contributed by atoms with Crippen molar-refractivity contribution in [3.8, 4) is 0 Å². The smallest absolute Gasteiger partial charge is 0.300 e. The number of carboxylic acids is 1. The van der Waals surface area contributed by atoms with Gasteiger partial charge in [-0.1, -0.05) is 0 Å². The Balaban J connectivity index is 0.000000541. The Hall–Kier alpha value is -2.16. The first-order chi connectivity index (χ1) is 10.1. The summed E-state index contributed by atoms with van der Waals surface area (Å²) in [4.78, 5) is 47.5. The fourth-order valence-electron chi connectivity index (χ4n) is 2.55. The molecule has 0 aromatic carbocycles. The first-order valence-electron chi connectivity index (χ1n) is 6.88. The van der Waals surface area contributed by atoms with Crippen LogP contribution in [0.4, 0.5) is 0 Å². The van der Waals surface area contributed by atoms with Gasteiger partial charge in [-0.25, -0.2) is 0 Å². The highest BCUT2D eigenvalue weighted by Gasteiger charge is 2.47. The van der Waals surface area contributed by atoms with Gasteiger partial charge in [-0.2, -0.15) is 0 Å². The van der Waals surface area contributed by atoms with E-state index in [0.29, 0.717) is 13.0 Å². The Labute approximate surface area is 128 Å². The molecule has 3 amide bonds. The maximum Gasteiger partial charge on any atom is 0.300 e. The van der Waals surface area contributed by atoms with E-state index in [9.17, 15) is 14.4 Å². The fourth-order valence-corrected chi connectivity index (χ4v) is 2.55. The van der Waals surface area contributed by atoms with Crippen LogP contribution >= 0.6 is 0 Å². The molecule has 2 aliphatic heterocycles. The number of aliphatic carboxylic acids is 1. The highest BCUT2D eigenvalue weighted by Crippen LogP contribution is 2.25. The number of carbonyl (C=O) groups excluding carboxylic acids is 3. The van der Waals surface area contributed by atoms with E-state index in [-0.39, 0.29) is 24.3 Å². The highest BCUT2D eigenvalue weighted by atomic mass is 16.4. The summed E-state index contributed by atoms with van der Waals surface area (Å²) in [5.74, 6) is -1.82. The number of amides is 3. The number of rotatable bonds is 3. The zero-order valence-corrected chi connectivity index (χ0v) is 12.9. The van der Waals surface area contributed by atoms with Crippen molar-refractivity contribution in [2.45, 2.75) is 37.9 Å². The summed E-state index contributed by atoms with van der Waals surface area (Å²) < 4.78 is 0. The van der Waals surface area contributed by atoms with Crippen molar-refractivity contribution in [2.24, 2.45) is 5.73 Å². The van der Waals surface area contributed by atoms with Crippen molar-refractivity contribution in [1.29, 1.82) is 0 Å². The molecule has 0 spiro atoms. The molecule has 0 aliphatic carbocycles. The molecule has 124 valence electrons. The number of carboxylic acid groups (broad SMARTS) is 1. The number of nitrogens with one attached hydrogen (secondary N) is 1. The third-order valence-corrected chi connectivity index (χ3v) is 3.61. The van der Waals surface area contributed by atoms with Gasteiger partial charge >= 0.3 is 0 Å². The summed E-state index contributed by atoms with van der Waals surface area (Å²) in [6.45, 7) is 1.61. The summed E-state index contributed by atoms with van der Waals surface area (Å²) in [5, 5.41) is 10.00. The van der Waals surface area contributed by atoms with E-state index in [1.807, 2.05) is 19.0 Å². The topological polar surface area (TPSA) is 133 Å². The molecule has 4 N–H and O–H groups in total. The molecule has 0 bridgehead atoms. The predicted octanol–water partition coefficient (Wildman–Crippen LogP) is -2.02. The summed E-state index contributed by atoms with van der Waals surface area (Å²) >= 11 is 0. The lowest BCUT2D eigenvalue weighted by Crippen LogP contribution is -2.61. The van der Waals surface area contributed by atoms with Crippen LogP contribution in [0.3, 0.4) is 0 Å². The second-order valence-corrected chi connectivity index (χ2v) is 5.61. The van der Waals surface area contributed by atoms with Crippen molar-refractivity contribution in [3.05, 3.63) is 0 Å². The average molecular weight is 314 g/mol. The molecular formula is C13H22N4O5. The van der Waals surface area contributed by atoms with Crippen LogP contribution in [-0.4, -0.2) is 77.4 Å². The Bertz CT molecular complexity index is 475. The predicted molar refractivity (Wildman–Crippen MR) is 76.6 cm³/mol. The van der Waals surface area contributed by atoms with Gasteiger partial charge in [-0.05, 0) is 20.5 Å². The highest BCUT2D eigenvalue weighted by molar-refractivity contribution is 5.99. The van der Waals surface area contributed by atoms with Gasteiger partial charge in [-0.3, -0.25) is 19.2 Å². The second-order valence-electron chi connectivity index (χ2n) is 5.61. The minimum absolute atomic E-state index is 0.138. The van der Waals surface area contributed by atoms with Crippen molar-refractivity contribution in [1.82, 2.24) is 15.1 Å². The van der Waals surface area contributed by atoms with Crippen LogP contribution in [0.25, 0.3) is 0 Å². The molecule has 2 aliphatic rings.